The van der Waals surface area contributed by atoms with E-state index in [9.17, 15) is 4.79 Å². The number of carbonyl (C=O) groups excluding carboxylic acids is 1. The fourth-order valence-corrected chi connectivity index (χ4v) is 1.78. The van der Waals surface area contributed by atoms with E-state index in [4.69, 9.17) is 20.9 Å². The standard InChI is InChI=1S/C15H16N2O3/c1-2-19-11-7-3-4-8-12(11)20-13-9-5-6-10(14(13)16)15(17)18/h3-9H,2,16H2,1H3,(H2,17,18). The molecule has 20 heavy (non-hydrogen) atoms. The molecule has 5 heteroatoms. The molecule has 0 saturated carbocycles. The van der Waals surface area contributed by atoms with Gasteiger partial charge in [0.05, 0.1) is 17.9 Å². The van der Waals surface area contributed by atoms with Gasteiger partial charge >= 0.3 is 0 Å². The van der Waals surface area contributed by atoms with Gasteiger partial charge in [0.2, 0.25) is 0 Å². The lowest BCUT2D eigenvalue weighted by Gasteiger charge is -2.13. The summed E-state index contributed by atoms with van der Waals surface area (Å²) < 4.78 is 11.2. The number of primary amides is 1. The molecule has 2 aromatic rings. The Morgan fingerprint density at radius 1 is 1.05 bits per heavy atom. The maximum atomic E-state index is 11.3. The number of rotatable bonds is 5. The van der Waals surface area contributed by atoms with E-state index < -0.39 is 5.91 Å². The van der Waals surface area contributed by atoms with E-state index in [1.54, 1.807) is 30.3 Å². The molecule has 2 aromatic carbocycles. The van der Waals surface area contributed by atoms with Gasteiger partial charge in [-0.15, -0.1) is 0 Å². The monoisotopic (exact) mass is 272 g/mol. The van der Waals surface area contributed by atoms with Crippen molar-refractivity contribution in [3.8, 4) is 17.2 Å². The third-order valence-electron chi connectivity index (χ3n) is 2.70. The third-order valence-corrected chi connectivity index (χ3v) is 2.70. The van der Waals surface area contributed by atoms with Gasteiger partial charge in [0.25, 0.3) is 5.91 Å². The van der Waals surface area contributed by atoms with Crippen molar-refractivity contribution in [3.05, 3.63) is 48.0 Å². The number of carbonyl (C=O) groups is 1. The van der Waals surface area contributed by atoms with Crippen molar-refractivity contribution in [1.29, 1.82) is 0 Å². The largest absolute Gasteiger partial charge is 0.490 e. The summed E-state index contributed by atoms with van der Waals surface area (Å²) in [6.07, 6.45) is 0. The van der Waals surface area contributed by atoms with Gasteiger partial charge in [-0.25, -0.2) is 0 Å². The smallest absolute Gasteiger partial charge is 0.250 e. The number of nitrogens with two attached hydrogens (primary N) is 2. The average Bonchev–Trinajstić information content (AvgIpc) is 2.43. The number of hydrogen-bond donors (Lipinski definition) is 2. The van der Waals surface area contributed by atoms with E-state index in [1.165, 1.54) is 0 Å². The summed E-state index contributed by atoms with van der Waals surface area (Å²) in [4.78, 5) is 11.3. The summed E-state index contributed by atoms with van der Waals surface area (Å²) in [5, 5.41) is 0. The van der Waals surface area contributed by atoms with Crippen molar-refractivity contribution in [2.75, 3.05) is 12.3 Å². The topological polar surface area (TPSA) is 87.6 Å². The Kier molecular flexibility index (Phi) is 4.10. The molecule has 0 atom stereocenters. The Hall–Kier alpha value is -2.69. The second kappa shape index (κ2) is 5.97. The minimum absolute atomic E-state index is 0.214. The van der Waals surface area contributed by atoms with Crippen LogP contribution in [0.2, 0.25) is 0 Å². The highest BCUT2D eigenvalue weighted by molar-refractivity contribution is 5.99. The van der Waals surface area contributed by atoms with E-state index in [2.05, 4.69) is 0 Å². The fourth-order valence-electron chi connectivity index (χ4n) is 1.78. The van der Waals surface area contributed by atoms with Crippen molar-refractivity contribution in [2.45, 2.75) is 6.92 Å². The maximum absolute atomic E-state index is 11.3. The number of para-hydroxylation sites is 3. The van der Waals surface area contributed by atoms with Crippen LogP contribution in [0.3, 0.4) is 0 Å². The van der Waals surface area contributed by atoms with Crippen molar-refractivity contribution in [3.63, 3.8) is 0 Å². The van der Waals surface area contributed by atoms with Gasteiger partial charge in [-0.3, -0.25) is 4.79 Å². The molecule has 0 aliphatic carbocycles. The Morgan fingerprint density at radius 3 is 2.35 bits per heavy atom. The first-order chi connectivity index (χ1) is 9.63. The summed E-state index contributed by atoms with van der Waals surface area (Å²) in [7, 11) is 0. The van der Waals surface area contributed by atoms with Crippen molar-refractivity contribution in [2.24, 2.45) is 5.73 Å². The van der Waals surface area contributed by atoms with Crippen LogP contribution in [0, 0.1) is 0 Å². The molecular weight excluding hydrogens is 256 g/mol. The zero-order valence-corrected chi connectivity index (χ0v) is 11.1. The predicted octanol–water partition coefficient (Wildman–Crippen LogP) is 2.56. The first kappa shape index (κ1) is 13.7. The van der Waals surface area contributed by atoms with Crippen LogP contribution in [0.5, 0.6) is 17.2 Å². The normalized spacial score (nSPS) is 10.1. The second-order valence-electron chi connectivity index (χ2n) is 4.06. The minimum Gasteiger partial charge on any atom is -0.490 e. The number of nitrogen functional groups attached to an aromatic ring is 1. The molecule has 0 unspecified atom stereocenters. The van der Waals surface area contributed by atoms with Crippen molar-refractivity contribution >= 4 is 11.6 Å². The van der Waals surface area contributed by atoms with Crippen LogP contribution in [0.1, 0.15) is 17.3 Å². The molecule has 1 amide bonds. The minimum atomic E-state index is -0.592. The van der Waals surface area contributed by atoms with Crippen LogP contribution >= 0.6 is 0 Å². The van der Waals surface area contributed by atoms with E-state index >= 15 is 0 Å². The Bertz CT molecular complexity index is 626. The molecule has 0 heterocycles. The summed E-state index contributed by atoms with van der Waals surface area (Å²) in [5.41, 5.74) is 11.6. The highest BCUT2D eigenvalue weighted by Crippen LogP contribution is 2.35. The molecule has 2 rings (SSSR count). The van der Waals surface area contributed by atoms with Gasteiger partial charge in [0.15, 0.2) is 17.2 Å². The first-order valence-electron chi connectivity index (χ1n) is 6.21. The molecule has 0 radical (unpaired) electrons. The third kappa shape index (κ3) is 2.83. The summed E-state index contributed by atoms with van der Waals surface area (Å²) in [6, 6.07) is 12.1. The predicted molar refractivity (Wildman–Crippen MR) is 77.1 cm³/mol. The van der Waals surface area contributed by atoms with Gasteiger partial charge in [0, 0.05) is 0 Å². The Labute approximate surface area is 117 Å². The SMILES string of the molecule is CCOc1ccccc1Oc1cccc(C(N)=O)c1N. The van der Waals surface area contributed by atoms with Crippen LogP contribution in [0.4, 0.5) is 5.69 Å². The molecule has 0 bridgehead atoms. The second-order valence-corrected chi connectivity index (χ2v) is 4.06. The number of hydrogen-bond acceptors (Lipinski definition) is 4. The van der Waals surface area contributed by atoms with Gasteiger partial charge in [-0.05, 0) is 31.2 Å². The fraction of sp³-hybridized carbons (Fsp3) is 0.133. The van der Waals surface area contributed by atoms with Gasteiger partial charge in [-0.1, -0.05) is 18.2 Å². The molecule has 0 saturated heterocycles. The molecule has 0 aromatic heterocycles. The molecule has 0 aliphatic heterocycles. The maximum Gasteiger partial charge on any atom is 0.250 e. The van der Waals surface area contributed by atoms with Crippen LogP contribution in [0.25, 0.3) is 0 Å². The molecular formula is C15H16N2O3. The van der Waals surface area contributed by atoms with E-state index in [-0.39, 0.29) is 11.3 Å². The molecule has 0 fully saturated rings. The van der Waals surface area contributed by atoms with Crippen LogP contribution in [0.15, 0.2) is 42.5 Å². The van der Waals surface area contributed by atoms with Gasteiger partial charge in [-0.2, -0.15) is 0 Å². The molecule has 0 aliphatic rings. The lowest BCUT2D eigenvalue weighted by Crippen LogP contribution is -2.13. The summed E-state index contributed by atoms with van der Waals surface area (Å²) in [6.45, 7) is 2.41. The lowest BCUT2D eigenvalue weighted by molar-refractivity contribution is 0.100. The summed E-state index contributed by atoms with van der Waals surface area (Å²) in [5.74, 6) is 0.918. The number of ether oxygens (including phenoxy) is 2. The lowest BCUT2D eigenvalue weighted by atomic mass is 10.1. The van der Waals surface area contributed by atoms with Gasteiger partial charge < -0.3 is 20.9 Å². The number of amides is 1. The number of anilines is 1. The highest BCUT2D eigenvalue weighted by atomic mass is 16.5. The summed E-state index contributed by atoms with van der Waals surface area (Å²) >= 11 is 0. The average molecular weight is 272 g/mol. The van der Waals surface area contributed by atoms with Crippen LogP contribution in [-0.4, -0.2) is 12.5 Å². The highest BCUT2D eigenvalue weighted by Gasteiger charge is 2.12. The van der Waals surface area contributed by atoms with Crippen LogP contribution < -0.4 is 20.9 Å². The van der Waals surface area contributed by atoms with E-state index in [1.807, 2.05) is 19.1 Å². The van der Waals surface area contributed by atoms with Crippen molar-refractivity contribution in [1.82, 2.24) is 0 Å². The molecule has 4 N–H and O–H groups in total. The molecule has 0 spiro atoms. The number of benzene rings is 2. The van der Waals surface area contributed by atoms with E-state index in [0.29, 0.717) is 23.9 Å². The van der Waals surface area contributed by atoms with Gasteiger partial charge in [0.1, 0.15) is 0 Å². The zero-order chi connectivity index (χ0) is 14.5. The van der Waals surface area contributed by atoms with Crippen LogP contribution in [-0.2, 0) is 0 Å². The quantitative estimate of drug-likeness (QED) is 0.819. The zero-order valence-electron chi connectivity index (χ0n) is 11.1. The Morgan fingerprint density at radius 2 is 1.70 bits per heavy atom. The first-order valence-corrected chi connectivity index (χ1v) is 6.21. The molecule has 5 nitrogen and oxygen atoms in total. The van der Waals surface area contributed by atoms with Crippen molar-refractivity contribution < 1.29 is 14.3 Å². The Balaban J connectivity index is 2.35. The molecule has 104 valence electrons. The van der Waals surface area contributed by atoms with E-state index in [0.717, 1.165) is 0 Å².